The molecule has 0 saturated carbocycles. The second kappa shape index (κ2) is 10.9. The molecular formula is C19H36N2. The SMILES string of the molecule is CCCCCCCC(C)(CCCC)CCCn1cccn1. The molecule has 1 aromatic heterocycles. The quantitative estimate of drug-likeness (QED) is 0.395. The maximum absolute atomic E-state index is 4.31. The predicted octanol–water partition coefficient (Wildman–Crippen LogP) is 6.22. The van der Waals surface area contributed by atoms with Gasteiger partial charge in [0.2, 0.25) is 0 Å². The highest BCUT2D eigenvalue weighted by molar-refractivity contribution is 4.79. The van der Waals surface area contributed by atoms with Crippen LogP contribution in [0.4, 0.5) is 0 Å². The first kappa shape index (κ1) is 18.3. The number of hydrogen-bond donors (Lipinski definition) is 0. The van der Waals surface area contributed by atoms with E-state index in [9.17, 15) is 0 Å². The summed E-state index contributed by atoms with van der Waals surface area (Å²) in [6.07, 6.45) is 19.1. The normalized spacial score (nSPS) is 14.2. The average Bonchev–Trinajstić information content (AvgIpc) is 2.98. The summed E-state index contributed by atoms with van der Waals surface area (Å²) in [5.74, 6) is 0. The van der Waals surface area contributed by atoms with Gasteiger partial charge in [-0.25, -0.2) is 0 Å². The highest BCUT2D eigenvalue weighted by Crippen LogP contribution is 2.35. The lowest BCUT2D eigenvalue weighted by molar-refractivity contribution is 0.222. The monoisotopic (exact) mass is 292 g/mol. The molecule has 0 aromatic carbocycles. The summed E-state index contributed by atoms with van der Waals surface area (Å²) in [7, 11) is 0. The molecule has 1 aromatic rings. The Bertz CT molecular complexity index is 331. The molecule has 0 aliphatic rings. The van der Waals surface area contributed by atoms with Crippen molar-refractivity contribution in [2.45, 2.75) is 97.9 Å². The fourth-order valence-electron chi connectivity index (χ4n) is 3.23. The van der Waals surface area contributed by atoms with Crippen molar-refractivity contribution in [3.63, 3.8) is 0 Å². The Morgan fingerprint density at radius 2 is 1.52 bits per heavy atom. The minimum atomic E-state index is 0.551. The third kappa shape index (κ3) is 8.28. The first-order chi connectivity index (χ1) is 10.2. The zero-order valence-corrected chi connectivity index (χ0v) is 14.6. The highest BCUT2D eigenvalue weighted by atomic mass is 15.3. The van der Waals surface area contributed by atoms with Crippen LogP contribution in [0, 0.1) is 5.41 Å². The summed E-state index contributed by atoms with van der Waals surface area (Å²) in [4.78, 5) is 0. The summed E-state index contributed by atoms with van der Waals surface area (Å²) < 4.78 is 2.07. The van der Waals surface area contributed by atoms with Gasteiger partial charge in [0.05, 0.1) is 0 Å². The Hall–Kier alpha value is -0.790. The minimum absolute atomic E-state index is 0.551. The average molecular weight is 293 g/mol. The molecule has 1 heterocycles. The molecule has 0 amide bonds. The van der Waals surface area contributed by atoms with Crippen LogP contribution in [0.25, 0.3) is 0 Å². The van der Waals surface area contributed by atoms with Crippen molar-refractivity contribution in [3.05, 3.63) is 18.5 Å². The molecule has 2 nitrogen and oxygen atoms in total. The van der Waals surface area contributed by atoms with Crippen molar-refractivity contribution in [3.8, 4) is 0 Å². The summed E-state index contributed by atoms with van der Waals surface area (Å²) in [5, 5.41) is 4.31. The van der Waals surface area contributed by atoms with E-state index in [1.54, 1.807) is 0 Å². The van der Waals surface area contributed by atoms with E-state index in [1.807, 2.05) is 12.3 Å². The number of aryl methyl sites for hydroxylation is 1. The molecule has 0 N–H and O–H groups in total. The second-order valence-corrected chi connectivity index (χ2v) is 6.95. The molecule has 2 heteroatoms. The van der Waals surface area contributed by atoms with Gasteiger partial charge in [0.15, 0.2) is 0 Å². The van der Waals surface area contributed by atoms with Crippen molar-refractivity contribution in [2.75, 3.05) is 0 Å². The number of nitrogens with zero attached hydrogens (tertiary/aromatic N) is 2. The molecule has 0 aliphatic carbocycles. The van der Waals surface area contributed by atoms with E-state index in [0.717, 1.165) is 6.54 Å². The molecule has 1 atom stereocenters. The Morgan fingerprint density at radius 1 is 0.857 bits per heavy atom. The van der Waals surface area contributed by atoms with Gasteiger partial charge in [0, 0.05) is 18.9 Å². The van der Waals surface area contributed by atoms with Crippen LogP contribution in [0.3, 0.4) is 0 Å². The van der Waals surface area contributed by atoms with E-state index < -0.39 is 0 Å². The number of aromatic nitrogens is 2. The van der Waals surface area contributed by atoms with Crippen LogP contribution < -0.4 is 0 Å². The maximum Gasteiger partial charge on any atom is 0.0489 e. The first-order valence-electron chi connectivity index (χ1n) is 9.17. The predicted molar refractivity (Wildman–Crippen MR) is 92.5 cm³/mol. The van der Waals surface area contributed by atoms with Gasteiger partial charge in [-0.3, -0.25) is 4.68 Å². The van der Waals surface area contributed by atoms with Crippen molar-refractivity contribution in [1.29, 1.82) is 0 Å². The van der Waals surface area contributed by atoms with Crippen LogP contribution in [0.5, 0.6) is 0 Å². The highest BCUT2D eigenvalue weighted by Gasteiger charge is 2.22. The van der Waals surface area contributed by atoms with E-state index in [1.165, 1.54) is 70.6 Å². The van der Waals surface area contributed by atoms with Gasteiger partial charge in [-0.15, -0.1) is 0 Å². The van der Waals surface area contributed by atoms with Crippen molar-refractivity contribution >= 4 is 0 Å². The van der Waals surface area contributed by atoms with E-state index in [-0.39, 0.29) is 0 Å². The fraction of sp³-hybridized carbons (Fsp3) is 0.842. The molecule has 0 radical (unpaired) electrons. The van der Waals surface area contributed by atoms with Crippen LogP contribution in [-0.4, -0.2) is 9.78 Å². The zero-order chi connectivity index (χ0) is 15.4. The number of unbranched alkanes of at least 4 members (excludes halogenated alkanes) is 5. The Labute approximate surface area is 132 Å². The lowest BCUT2D eigenvalue weighted by Crippen LogP contribution is -2.17. The molecule has 0 fully saturated rings. The van der Waals surface area contributed by atoms with E-state index in [2.05, 4.69) is 36.7 Å². The minimum Gasteiger partial charge on any atom is -0.273 e. The van der Waals surface area contributed by atoms with Gasteiger partial charge in [0.1, 0.15) is 0 Å². The molecule has 122 valence electrons. The van der Waals surface area contributed by atoms with Gasteiger partial charge >= 0.3 is 0 Å². The van der Waals surface area contributed by atoms with Crippen LogP contribution in [0.2, 0.25) is 0 Å². The van der Waals surface area contributed by atoms with Crippen LogP contribution >= 0.6 is 0 Å². The van der Waals surface area contributed by atoms with E-state index >= 15 is 0 Å². The first-order valence-corrected chi connectivity index (χ1v) is 9.17. The zero-order valence-electron chi connectivity index (χ0n) is 14.6. The Morgan fingerprint density at radius 3 is 2.19 bits per heavy atom. The smallest absolute Gasteiger partial charge is 0.0489 e. The summed E-state index contributed by atoms with van der Waals surface area (Å²) in [6.45, 7) is 8.20. The van der Waals surface area contributed by atoms with E-state index in [0.29, 0.717) is 5.41 Å². The molecule has 1 unspecified atom stereocenters. The van der Waals surface area contributed by atoms with Gasteiger partial charge in [-0.2, -0.15) is 5.10 Å². The molecule has 1 rings (SSSR count). The molecular weight excluding hydrogens is 256 g/mol. The number of rotatable bonds is 13. The molecule has 0 spiro atoms. The second-order valence-electron chi connectivity index (χ2n) is 6.95. The van der Waals surface area contributed by atoms with Crippen molar-refractivity contribution in [1.82, 2.24) is 9.78 Å². The van der Waals surface area contributed by atoms with Crippen LogP contribution in [-0.2, 0) is 6.54 Å². The fourth-order valence-corrected chi connectivity index (χ4v) is 3.23. The largest absolute Gasteiger partial charge is 0.273 e. The van der Waals surface area contributed by atoms with Gasteiger partial charge in [-0.1, -0.05) is 65.7 Å². The summed E-state index contributed by atoms with van der Waals surface area (Å²) in [5.41, 5.74) is 0.551. The van der Waals surface area contributed by atoms with Crippen LogP contribution in [0.1, 0.15) is 91.4 Å². The molecule has 0 aliphatic heterocycles. The molecule has 0 bridgehead atoms. The third-order valence-corrected chi connectivity index (χ3v) is 4.74. The Kier molecular flexibility index (Phi) is 9.45. The summed E-state index contributed by atoms with van der Waals surface area (Å²) in [6, 6.07) is 2.02. The van der Waals surface area contributed by atoms with Crippen molar-refractivity contribution in [2.24, 2.45) is 5.41 Å². The van der Waals surface area contributed by atoms with Gasteiger partial charge in [-0.05, 0) is 37.2 Å². The molecule has 0 saturated heterocycles. The lowest BCUT2D eigenvalue weighted by atomic mass is 9.76. The standard InChI is InChI=1S/C19H36N2/c1-4-6-8-9-10-14-19(3,13-7-5-2)15-11-17-21-18-12-16-20-21/h12,16,18H,4-11,13-15,17H2,1-3H3. The number of hydrogen-bond acceptors (Lipinski definition) is 1. The maximum atomic E-state index is 4.31. The van der Waals surface area contributed by atoms with E-state index in [4.69, 9.17) is 0 Å². The summed E-state index contributed by atoms with van der Waals surface area (Å²) >= 11 is 0. The molecule has 21 heavy (non-hydrogen) atoms. The Balaban J connectivity index is 2.29. The van der Waals surface area contributed by atoms with Crippen LogP contribution in [0.15, 0.2) is 18.5 Å². The van der Waals surface area contributed by atoms with Gasteiger partial charge in [0.25, 0.3) is 0 Å². The topological polar surface area (TPSA) is 17.8 Å². The lowest BCUT2D eigenvalue weighted by Gasteiger charge is -2.30. The third-order valence-electron chi connectivity index (χ3n) is 4.74. The van der Waals surface area contributed by atoms with Gasteiger partial charge < -0.3 is 0 Å². The van der Waals surface area contributed by atoms with Crippen molar-refractivity contribution < 1.29 is 0 Å².